The summed E-state index contributed by atoms with van der Waals surface area (Å²) in [7, 11) is 1.74. The number of ether oxygens (including phenoxy) is 1. The van der Waals surface area contributed by atoms with E-state index in [4.69, 9.17) is 10.5 Å². The van der Waals surface area contributed by atoms with Crippen LogP contribution in [0.2, 0.25) is 0 Å². The zero-order chi connectivity index (χ0) is 11.3. The molecule has 2 nitrogen and oxygen atoms in total. The first kappa shape index (κ1) is 12.7. The van der Waals surface area contributed by atoms with Crippen LogP contribution in [-0.2, 0) is 4.74 Å². The molecular formula is C12H18BrNO. The van der Waals surface area contributed by atoms with E-state index in [2.05, 4.69) is 47.1 Å². The number of benzene rings is 1. The summed E-state index contributed by atoms with van der Waals surface area (Å²) < 4.78 is 6.36. The first-order valence-electron chi connectivity index (χ1n) is 5.15. The summed E-state index contributed by atoms with van der Waals surface area (Å²) in [4.78, 5) is 0. The Hall–Kier alpha value is -0.380. The Labute approximate surface area is 99.9 Å². The van der Waals surface area contributed by atoms with Gasteiger partial charge in [-0.1, -0.05) is 28.1 Å². The summed E-state index contributed by atoms with van der Waals surface area (Å²) in [6, 6.07) is 8.33. The van der Waals surface area contributed by atoms with Crippen LogP contribution in [0.5, 0.6) is 0 Å². The lowest BCUT2D eigenvalue weighted by Gasteiger charge is -2.19. The Morgan fingerprint density at radius 1 is 1.33 bits per heavy atom. The lowest BCUT2D eigenvalue weighted by molar-refractivity contribution is 0.105. The van der Waals surface area contributed by atoms with Crippen molar-refractivity contribution >= 4 is 15.9 Å². The highest BCUT2D eigenvalue weighted by Crippen LogP contribution is 2.22. The van der Waals surface area contributed by atoms with Gasteiger partial charge in [0.05, 0.1) is 6.10 Å². The van der Waals surface area contributed by atoms with Gasteiger partial charge in [0, 0.05) is 11.6 Å². The van der Waals surface area contributed by atoms with Crippen LogP contribution in [-0.4, -0.2) is 19.8 Å². The third-order valence-electron chi connectivity index (χ3n) is 2.64. The molecule has 0 spiro atoms. The van der Waals surface area contributed by atoms with Crippen molar-refractivity contribution in [2.45, 2.75) is 25.4 Å². The Morgan fingerprint density at radius 2 is 1.93 bits per heavy atom. The van der Waals surface area contributed by atoms with E-state index >= 15 is 0 Å². The van der Waals surface area contributed by atoms with Gasteiger partial charge >= 0.3 is 0 Å². The van der Waals surface area contributed by atoms with Crippen molar-refractivity contribution in [1.82, 2.24) is 0 Å². The molecule has 2 N–H and O–H groups in total. The van der Waals surface area contributed by atoms with E-state index in [-0.39, 0.29) is 6.10 Å². The fraction of sp³-hybridized carbons (Fsp3) is 0.500. The maximum Gasteiger partial charge on any atom is 0.0549 e. The largest absolute Gasteiger partial charge is 0.382 e. The Kier molecular flexibility index (Phi) is 5.29. The van der Waals surface area contributed by atoms with Crippen LogP contribution in [0.4, 0.5) is 0 Å². The number of nitrogens with two attached hydrogens (primary N) is 1. The van der Waals surface area contributed by atoms with Crippen LogP contribution in [0.15, 0.2) is 28.7 Å². The molecule has 0 amide bonds. The van der Waals surface area contributed by atoms with E-state index < -0.39 is 0 Å². The fourth-order valence-corrected chi connectivity index (χ4v) is 1.86. The molecule has 0 heterocycles. The number of methoxy groups -OCH3 is 1. The van der Waals surface area contributed by atoms with Gasteiger partial charge in [0.1, 0.15) is 0 Å². The van der Waals surface area contributed by atoms with E-state index in [9.17, 15) is 0 Å². The molecule has 0 aliphatic rings. The monoisotopic (exact) mass is 271 g/mol. The molecular weight excluding hydrogens is 254 g/mol. The van der Waals surface area contributed by atoms with Crippen LogP contribution in [0.1, 0.15) is 24.8 Å². The van der Waals surface area contributed by atoms with Gasteiger partial charge in [-0.25, -0.2) is 0 Å². The van der Waals surface area contributed by atoms with Crippen molar-refractivity contribution in [3.63, 3.8) is 0 Å². The molecule has 1 rings (SSSR count). The molecule has 15 heavy (non-hydrogen) atoms. The van der Waals surface area contributed by atoms with Gasteiger partial charge in [0.2, 0.25) is 0 Å². The molecule has 1 aromatic carbocycles. The highest BCUT2D eigenvalue weighted by molar-refractivity contribution is 9.10. The minimum absolute atomic E-state index is 0.252. The molecule has 0 bridgehead atoms. The fourth-order valence-electron chi connectivity index (χ4n) is 1.60. The molecule has 0 fully saturated rings. The lowest BCUT2D eigenvalue weighted by Crippen LogP contribution is -2.18. The smallest absolute Gasteiger partial charge is 0.0549 e. The minimum atomic E-state index is 0.252. The predicted octanol–water partition coefficient (Wildman–Crippen LogP) is 2.92. The van der Waals surface area contributed by atoms with E-state index in [0.29, 0.717) is 12.5 Å². The second kappa shape index (κ2) is 6.26. The molecule has 0 aliphatic carbocycles. The van der Waals surface area contributed by atoms with Gasteiger partial charge in [-0.05, 0) is 43.5 Å². The maximum absolute atomic E-state index is 5.78. The first-order chi connectivity index (χ1) is 7.17. The molecule has 0 aromatic heterocycles. The van der Waals surface area contributed by atoms with Crippen molar-refractivity contribution in [1.29, 1.82) is 0 Å². The van der Waals surface area contributed by atoms with Crippen molar-refractivity contribution < 1.29 is 4.74 Å². The topological polar surface area (TPSA) is 35.2 Å². The molecule has 0 saturated heterocycles. The van der Waals surface area contributed by atoms with Gasteiger partial charge in [0.25, 0.3) is 0 Å². The number of halogens is 1. The molecule has 1 aromatic rings. The molecule has 0 saturated carbocycles. The zero-order valence-electron chi connectivity index (χ0n) is 9.24. The second-order valence-corrected chi connectivity index (χ2v) is 4.68. The van der Waals surface area contributed by atoms with E-state index in [1.54, 1.807) is 7.11 Å². The number of hydrogen-bond acceptors (Lipinski definition) is 2. The zero-order valence-corrected chi connectivity index (χ0v) is 10.8. The van der Waals surface area contributed by atoms with E-state index in [0.717, 1.165) is 10.9 Å². The van der Waals surface area contributed by atoms with Crippen LogP contribution in [0, 0.1) is 0 Å². The summed E-state index contributed by atoms with van der Waals surface area (Å²) in [5, 5.41) is 0. The normalized spacial score (nSPS) is 14.9. The van der Waals surface area contributed by atoms with Crippen LogP contribution in [0.25, 0.3) is 0 Å². The van der Waals surface area contributed by atoms with Gasteiger partial charge in [-0.3, -0.25) is 0 Å². The molecule has 0 aliphatic heterocycles. The highest BCUT2D eigenvalue weighted by atomic mass is 79.9. The van der Waals surface area contributed by atoms with Crippen LogP contribution < -0.4 is 5.73 Å². The number of rotatable bonds is 5. The third kappa shape index (κ3) is 3.93. The predicted molar refractivity (Wildman–Crippen MR) is 67.0 cm³/mol. The van der Waals surface area contributed by atoms with Crippen molar-refractivity contribution in [3.8, 4) is 0 Å². The summed E-state index contributed by atoms with van der Waals surface area (Å²) in [5.74, 6) is 0.382. The Balaban J connectivity index is 2.69. The van der Waals surface area contributed by atoms with Crippen molar-refractivity contribution in [2.75, 3.05) is 13.7 Å². The Bertz CT molecular complexity index is 286. The summed E-state index contributed by atoms with van der Waals surface area (Å²) in [6.45, 7) is 2.73. The maximum atomic E-state index is 5.78. The quantitative estimate of drug-likeness (QED) is 0.894. The summed E-state index contributed by atoms with van der Waals surface area (Å²) in [5.41, 5.74) is 7.06. The SMILES string of the molecule is COC(C)CC(CN)c1ccc(Br)cc1. The van der Waals surface area contributed by atoms with E-state index in [1.165, 1.54) is 5.56 Å². The Morgan fingerprint density at radius 3 is 2.40 bits per heavy atom. The van der Waals surface area contributed by atoms with Gasteiger partial charge in [0.15, 0.2) is 0 Å². The standard InChI is InChI=1S/C12H18BrNO/c1-9(15-2)7-11(8-14)10-3-5-12(13)6-4-10/h3-6,9,11H,7-8,14H2,1-2H3. The average molecular weight is 272 g/mol. The van der Waals surface area contributed by atoms with Gasteiger partial charge < -0.3 is 10.5 Å². The third-order valence-corrected chi connectivity index (χ3v) is 3.17. The molecule has 0 radical (unpaired) electrons. The van der Waals surface area contributed by atoms with Gasteiger partial charge in [-0.2, -0.15) is 0 Å². The molecule has 2 atom stereocenters. The average Bonchev–Trinajstić information content (AvgIpc) is 2.27. The van der Waals surface area contributed by atoms with Crippen molar-refractivity contribution in [2.24, 2.45) is 5.73 Å². The summed E-state index contributed by atoms with van der Waals surface area (Å²) >= 11 is 3.43. The van der Waals surface area contributed by atoms with Gasteiger partial charge in [-0.15, -0.1) is 0 Å². The van der Waals surface area contributed by atoms with E-state index in [1.807, 2.05) is 0 Å². The minimum Gasteiger partial charge on any atom is -0.382 e. The molecule has 3 heteroatoms. The number of hydrogen-bond donors (Lipinski definition) is 1. The first-order valence-corrected chi connectivity index (χ1v) is 5.95. The summed E-state index contributed by atoms with van der Waals surface area (Å²) in [6.07, 6.45) is 1.22. The van der Waals surface area contributed by atoms with Crippen LogP contribution in [0.3, 0.4) is 0 Å². The molecule has 84 valence electrons. The molecule has 2 unspecified atom stereocenters. The second-order valence-electron chi connectivity index (χ2n) is 3.77. The van der Waals surface area contributed by atoms with Crippen molar-refractivity contribution in [3.05, 3.63) is 34.3 Å². The van der Waals surface area contributed by atoms with Crippen LogP contribution >= 0.6 is 15.9 Å². The lowest BCUT2D eigenvalue weighted by atomic mass is 9.94. The highest BCUT2D eigenvalue weighted by Gasteiger charge is 2.13.